The highest BCUT2D eigenvalue weighted by Crippen LogP contribution is 2.22. The van der Waals surface area contributed by atoms with Crippen molar-refractivity contribution in [1.29, 1.82) is 0 Å². The van der Waals surface area contributed by atoms with Crippen LogP contribution >= 0.6 is 0 Å². The van der Waals surface area contributed by atoms with Gasteiger partial charge in [-0.3, -0.25) is 0 Å². The van der Waals surface area contributed by atoms with E-state index in [0.717, 1.165) is 12.2 Å². The van der Waals surface area contributed by atoms with Crippen molar-refractivity contribution in [3.8, 4) is 0 Å². The molecule has 2 nitrogen and oxygen atoms in total. The van der Waals surface area contributed by atoms with Crippen molar-refractivity contribution < 1.29 is 0 Å². The molecular formula is C8H14N2. The molecule has 1 N–H and O–H groups in total. The molecule has 0 aromatic carbocycles. The quantitative estimate of drug-likeness (QED) is 0.666. The Bertz CT molecular complexity index is 187. The maximum absolute atomic E-state index is 4.20. The fourth-order valence-corrected chi connectivity index (χ4v) is 0.803. The Morgan fingerprint density at radius 1 is 1.60 bits per heavy atom. The van der Waals surface area contributed by atoms with Gasteiger partial charge < -0.3 is 4.98 Å². The van der Waals surface area contributed by atoms with Crippen molar-refractivity contribution in [1.82, 2.24) is 9.97 Å². The van der Waals surface area contributed by atoms with Crippen molar-refractivity contribution in [2.75, 3.05) is 0 Å². The van der Waals surface area contributed by atoms with Gasteiger partial charge in [0.2, 0.25) is 0 Å². The van der Waals surface area contributed by atoms with E-state index in [1.807, 2.05) is 6.20 Å². The van der Waals surface area contributed by atoms with E-state index in [1.165, 1.54) is 0 Å². The van der Waals surface area contributed by atoms with Crippen molar-refractivity contribution in [3.05, 3.63) is 18.2 Å². The van der Waals surface area contributed by atoms with Crippen molar-refractivity contribution in [3.63, 3.8) is 0 Å². The molecular weight excluding hydrogens is 124 g/mol. The standard InChI is InChI=1S/C8H14N2/c1-4-8(2,3)7-9-5-6-10-7/h5-6H,4H2,1-3H3,(H,9,10). The second-order valence-electron chi connectivity index (χ2n) is 3.18. The van der Waals surface area contributed by atoms with E-state index in [1.54, 1.807) is 6.20 Å². The number of aromatic nitrogens is 2. The lowest BCUT2D eigenvalue weighted by atomic mass is 9.90. The highest BCUT2D eigenvalue weighted by Gasteiger charge is 2.19. The minimum Gasteiger partial charge on any atom is -0.348 e. The highest BCUT2D eigenvalue weighted by atomic mass is 14.9. The van der Waals surface area contributed by atoms with Gasteiger partial charge in [0.15, 0.2) is 0 Å². The average Bonchev–Trinajstić information content (AvgIpc) is 2.38. The number of rotatable bonds is 2. The Kier molecular flexibility index (Phi) is 1.79. The van der Waals surface area contributed by atoms with E-state index >= 15 is 0 Å². The number of nitrogens with zero attached hydrogens (tertiary/aromatic N) is 1. The summed E-state index contributed by atoms with van der Waals surface area (Å²) in [6.07, 6.45) is 4.78. The van der Waals surface area contributed by atoms with Gasteiger partial charge in [-0.05, 0) is 6.42 Å². The SMILES string of the molecule is CCC(C)(C)c1ncc[nH]1. The molecule has 0 bridgehead atoms. The first kappa shape index (κ1) is 7.32. The molecule has 0 radical (unpaired) electrons. The summed E-state index contributed by atoms with van der Waals surface area (Å²) in [7, 11) is 0. The molecule has 0 aliphatic heterocycles. The van der Waals surface area contributed by atoms with Gasteiger partial charge in [0.25, 0.3) is 0 Å². The molecule has 10 heavy (non-hydrogen) atoms. The minimum atomic E-state index is 0.198. The molecule has 56 valence electrons. The van der Waals surface area contributed by atoms with Crippen LogP contribution in [-0.4, -0.2) is 9.97 Å². The molecule has 1 aromatic rings. The van der Waals surface area contributed by atoms with Crippen LogP contribution in [0.5, 0.6) is 0 Å². The molecule has 2 heteroatoms. The van der Waals surface area contributed by atoms with Crippen LogP contribution < -0.4 is 0 Å². The zero-order valence-corrected chi connectivity index (χ0v) is 6.81. The van der Waals surface area contributed by atoms with Crippen molar-refractivity contribution in [2.45, 2.75) is 32.6 Å². The summed E-state index contributed by atoms with van der Waals surface area (Å²) in [5.74, 6) is 1.08. The van der Waals surface area contributed by atoms with E-state index < -0.39 is 0 Å². The van der Waals surface area contributed by atoms with Crippen LogP contribution in [0.2, 0.25) is 0 Å². The Hall–Kier alpha value is -0.790. The molecule has 0 saturated heterocycles. The van der Waals surface area contributed by atoms with Crippen LogP contribution in [0.3, 0.4) is 0 Å². The summed E-state index contributed by atoms with van der Waals surface area (Å²) in [5, 5.41) is 0. The van der Waals surface area contributed by atoms with E-state index in [2.05, 4.69) is 30.7 Å². The summed E-state index contributed by atoms with van der Waals surface area (Å²) >= 11 is 0. The van der Waals surface area contributed by atoms with Gasteiger partial charge >= 0.3 is 0 Å². The van der Waals surface area contributed by atoms with Crippen LogP contribution in [0.1, 0.15) is 33.0 Å². The second kappa shape index (κ2) is 2.45. The molecule has 0 unspecified atom stereocenters. The lowest BCUT2D eigenvalue weighted by molar-refractivity contribution is 0.477. The van der Waals surface area contributed by atoms with Gasteiger partial charge in [0, 0.05) is 17.8 Å². The smallest absolute Gasteiger partial charge is 0.111 e. The van der Waals surface area contributed by atoms with Crippen LogP contribution in [-0.2, 0) is 5.41 Å². The lowest BCUT2D eigenvalue weighted by Crippen LogP contribution is -2.17. The fraction of sp³-hybridized carbons (Fsp3) is 0.625. The molecule has 1 aromatic heterocycles. The first-order chi connectivity index (χ1) is 4.67. The molecule has 0 fully saturated rings. The first-order valence-electron chi connectivity index (χ1n) is 3.66. The van der Waals surface area contributed by atoms with Crippen LogP contribution in [0, 0.1) is 0 Å². The lowest BCUT2D eigenvalue weighted by Gasteiger charge is -2.18. The van der Waals surface area contributed by atoms with E-state index in [0.29, 0.717) is 0 Å². The molecule has 0 aliphatic carbocycles. The number of imidazole rings is 1. The van der Waals surface area contributed by atoms with Gasteiger partial charge in [0.1, 0.15) is 5.82 Å². The summed E-state index contributed by atoms with van der Waals surface area (Å²) in [6.45, 7) is 6.54. The predicted octanol–water partition coefficient (Wildman–Crippen LogP) is 2.10. The van der Waals surface area contributed by atoms with Crippen LogP contribution in [0.4, 0.5) is 0 Å². The predicted molar refractivity (Wildman–Crippen MR) is 41.9 cm³/mol. The third-order valence-electron chi connectivity index (χ3n) is 2.02. The van der Waals surface area contributed by atoms with E-state index in [4.69, 9.17) is 0 Å². The van der Waals surface area contributed by atoms with Gasteiger partial charge in [-0.25, -0.2) is 4.98 Å². The van der Waals surface area contributed by atoms with Crippen LogP contribution in [0.25, 0.3) is 0 Å². The van der Waals surface area contributed by atoms with E-state index in [-0.39, 0.29) is 5.41 Å². The van der Waals surface area contributed by atoms with Gasteiger partial charge in [0.05, 0.1) is 0 Å². The Balaban J connectivity index is 2.85. The summed E-state index contributed by atoms with van der Waals surface area (Å²) in [6, 6.07) is 0. The topological polar surface area (TPSA) is 28.7 Å². The van der Waals surface area contributed by atoms with E-state index in [9.17, 15) is 0 Å². The number of hydrogen-bond donors (Lipinski definition) is 1. The number of H-pyrrole nitrogens is 1. The zero-order valence-electron chi connectivity index (χ0n) is 6.81. The molecule has 1 rings (SSSR count). The second-order valence-corrected chi connectivity index (χ2v) is 3.18. The monoisotopic (exact) mass is 138 g/mol. The third-order valence-corrected chi connectivity index (χ3v) is 2.02. The molecule has 0 saturated carbocycles. The highest BCUT2D eigenvalue weighted by molar-refractivity contribution is 5.02. The number of aromatic amines is 1. The first-order valence-corrected chi connectivity index (χ1v) is 3.66. The molecule has 1 heterocycles. The number of hydrogen-bond acceptors (Lipinski definition) is 1. The molecule has 0 aliphatic rings. The Labute approximate surface area is 61.7 Å². The molecule has 0 amide bonds. The molecule has 0 atom stereocenters. The largest absolute Gasteiger partial charge is 0.348 e. The maximum Gasteiger partial charge on any atom is 0.111 e. The Morgan fingerprint density at radius 3 is 2.70 bits per heavy atom. The summed E-state index contributed by atoms with van der Waals surface area (Å²) < 4.78 is 0. The van der Waals surface area contributed by atoms with Crippen molar-refractivity contribution >= 4 is 0 Å². The number of nitrogens with one attached hydrogen (secondary N) is 1. The average molecular weight is 138 g/mol. The van der Waals surface area contributed by atoms with Gasteiger partial charge in [-0.15, -0.1) is 0 Å². The summed E-state index contributed by atoms with van der Waals surface area (Å²) in [4.78, 5) is 7.32. The van der Waals surface area contributed by atoms with Crippen LogP contribution in [0.15, 0.2) is 12.4 Å². The fourth-order valence-electron chi connectivity index (χ4n) is 0.803. The minimum absolute atomic E-state index is 0.198. The summed E-state index contributed by atoms with van der Waals surface area (Å²) in [5.41, 5.74) is 0.198. The maximum atomic E-state index is 4.20. The normalized spacial score (nSPS) is 11.9. The molecule has 0 spiro atoms. The van der Waals surface area contributed by atoms with Crippen molar-refractivity contribution in [2.24, 2.45) is 0 Å². The third kappa shape index (κ3) is 1.20. The zero-order chi connectivity index (χ0) is 7.61. The van der Waals surface area contributed by atoms with Gasteiger partial charge in [-0.1, -0.05) is 20.8 Å². The Morgan fingerprint density at radius 2 is 2.30 bits per heavy atom. The van der Waals surface area contributed by atoms with Gasteiger partial charge in [-0.2, -0.15) is 0 Å².